The first kappa shape index (κ1) is 33.2. The Bertz CT molecular complexity index is 1990. The minimum atomic E-state index is -1.34. The van der Waals surface area contributed by atoms with Crippen molar-refractivity contribution >= 4 is 52.9 Å². The molecule has 0 saturated heterocycles. The molecule has 0 aliphatic carbocycles. The highest BCUT2D eigenvalue weighted by Crippen LogP contribution is 2.37. The fourth-order valence-corrected chi connectivity index (χ4v) is 5.56. The molecule has 11 heteroatoms. The number of aromatic hydroxyl groups is 1. The van der Waals surface area contributed by atoms with Crippen LogP contribution in [0.25, 0.3) is 6.08 Å². The van der Waals surface area contributed by atoms with Crippen molar-refractivity contribution in [2.24, 2.45) is 0 Å². The van der Waals surface area contributed by atoms with Gasteiger partial charge >= 0.3 is 5.97 Å². The standard InChI is InChI=1S/C37H28FN3O6S/c38-30-14-8-7-13-25(30)21-31(41-34(43)24-11-5-2-6-12-24)35(44)39-26-15-18-28(19-16-26)48-33(23-9-3-1-4-10-23)36(45)40-27-17-20-32(42)29(22-27)37(46)47/h1-22,33,42H,(H,39,44)(H,40,45)(H,41,43)(H,46,47)/b31-21-. The van der Waals surface area contributed by atoms with Gasteiger partial charge in [0.1, 0.15) is 28.1 Å². The van der Waals surface area contributed by atoms with Crippen LogP contribution < -0.4 is 16.0 Å². The first-order valence-corrected chi connectivity index (χ1v) is 15.4. The van der Waals surface area contributed by atoms with Gasteiger partial charge in [0.05, 0.1) is 0 Å². The van der Waals surface area contributed by atoms with Crippen LogP contribution >= 0.6 is 11.8 Å². The molecule has 0 radical (unpaired) electrons. The quantitative estimate of drug-likeness (QED) is 0.0576. The molecular formula is C37H28FN3O6S. The SMILES string of the molecule is O=C(Nc1ccc(SC(C(=O)Nc2ccc(O)c(C(=O)O)c2)c2ccccc2)cc1)/C(=C/c1ccccc1F)NC(=O)c1ccccc1. The van der Waals surface area contributed by atoms with Gasteiger partial charge < -0.3 is 26.2 Å². The zero-order chi connectivity index (χ0) is 34.0. The fraction of sp³-hybridized carbons (Fsp3) is 0.0270. The van der Waals surface area contributed by atoms with Gasteiger partial charge in [0.15, 0.2) is 0 Å². The minimum Gasteiger partial charge on any atom is -0.507 e. The number of rotatable bonds is 11. The van der Waals surface area contributed by atoms with Gasteiger partial charge in [-0.05, 0) is 72.3 Å². The third-order valence-electron chi connectivity index (χ3n) is 6.93. The Morgan fingerprint density at radius 1 is 0.729 bits per heavy atom. The van der Waals surface area contributed by atoms with E-state index >= 15 is 0 Å². The summed E-state index contributed by atoms with van der Waals surface area (Å²) in [6.07, 6.45) is 1.26. The Hall–Kier alpha value is -6.20. The Morgan fingerprint density at radius 3 is 2.02 bits per heavy atom. The number of carbonyl (C=O) groups excluding carboxylic acids is 3. The number of phenols is 1. The van der Waals surface area contributed by atoms with Gasteiger partial charge in [-0.3, -0.25) is 14.4 Å². The molecule has 240 valence electrons. The van der Waals surface area contributed by atoms with Crippen LogP contribution in [0.1, 0.15) is 37.1 Å². The number of thioether (sulfide) groups is 1. The zero-order valence-electron chi connectivity index (χ0n) is 25.1. The molecule has 9 nitrogen and oxygen atoms in total. The topological polar surface area (TPSA) is 145 Å². The van der Waals surface area contributed by atoms with E-state index in [0.717, 1.165) is 0 Å². The molecule has 0 fully saturated rings. The number of carboxylic acid groups (broad SMARTS) is 1. The second-order valence-corrected chi connectivity index (χ2v) is 11.5. The fourth-order valence-electron chi connectivity index (χ4n) is 4.54. The Balaban J connectivity index is 1.34. The lowest BCUT2D eigenvalue weighted by atomic mass is 10.1. The Kier molecular flexibility index (Phi) is 10.6. The lowest BCUT2D eigenvalue weighted by Gasteiger charge is -2.18. The summed E-state index contributed by atoms with van der Waals surface area (Å²) in [7, 11) is 0. The van der Waals surface area contributed by atoms with Gasteiger partial charge in [0.25, 0.3) is 11.8 Å². The van der Waals surface area contributed by atoms with Crippen LogP contribution in [0.4, 0.5) is 15.8 Å². The number of benzene rings is 5. The molecule has 1 atom stereocenters. The predicted octanol–water partition coefficient (Wildman–Crippen LogP) is 7.11. The van der Waals surface area contributed by atoms with Crippen LogP contribution in [0.15, 0.2) is 138 Å². The normalized spacial score (nSPS) is 11.6. The second-order valence-electron chi connectivity index (χ2n) is 10.3. The van der Waals surface area contributed by atoms with Crippen molar-refractivity contribution in [1.29, 1.82) is 0 Å². The summed E-state index contributed by atoms with van der Waals surface area (Å²) < 4.78 is 14.5. The molecule has 0 aliphatic heterocycles. The summed E-state index contributed by atoms with van der Waals surface area (Å²) in [5.74, 6) is -3.98. The Morgan fingerprint density at radius 2 is 1.35 bits per heavy atom. The molecule has 0 aromatic heterocycles. The lowest BCUT2D eigenvalue weighted by Crippen LogP contribution is -2.30. The number of carboxylic acids is 1. The number of anilines is 2. The van der Waals surface area contributed by atoms with Crippen LogP contribution in [0.3, 0.4) is 0 Å². The van der Waals surface area contributed by atoms with E-state index in [9.17, 15) is 33.8 Å². The highest BCUT2D eigenvalue weighted by Gasteiger charge is 2.23. The van der Waals surface area contributed by atoms with Crippen molar-refractivity contribution in [2.45, 2.75) is 10.1 Å². The van der Waals surface area contributed by atoms with Crippen molar-refractivity contribution in [3.8, 4) is 5.75 Å². The van der Waals surface area contributed by atoms with Crippen LogP contribution in [0, 0.1) is 5.82 Å². The molecule has 0 aliphatic rings. The number of hydrogen-bond acceptors (Lipinski definition) is 6. The summed E-state index contributed by atoms with van der Waals surface area (Å²) in [6.45, 7) is 0. The summed E-state index contributed by atoms with van der Waals surface area (Å²) in [4.78, 5) is 51.8. The Labute approximate surface area is 279 Å². The summed E-state index contributed by atoms with van der Waals surface area (Å²) >= 11 is 1.23. The van der Waals surface area contributed by atoms with E-state index in [1.54, 1.807) is 84.9 Å². The van der Waals surface area contributed by atoms with E-state index in [2.05, 4.69) is 16.0 Å². The van der Waals surface area contributed by atoms with Crippen LogP contribution in [-0.2, 0) is 9.59 Å². The molecule has 0 heterocycles. The summed E-state index contributed by atoms with van der Waals surface area (Å²) in [5.41, 5.74) is 1.17. The molecule has 3 amide bonds. The highest BCUT2D eigenvalue weighted by atomic mass is 32.2. The number of hydrogen-bond donors (Lipinski definition) is 5. The van der Waals surface area contributed by atoms with Crippen molar-refractivity contribution in [3.05, 3.63) is 161 Å². The number of aromatic carboxylic acids is 1. The molecule has 5 aromatic carbocycles. The van der Waals surface area contributed by atoms with E-state index in [1.807, 2.05) is 6.07 Å². The van der Waals surface area contributed by atoms with Gasteiger partial charge in [-0.2, -0.15) is 0 Å². The first-order valence-electron chi connectivity index (χ1n) is 14.5. The second kappa shape index (κ2) is 15.4. The summed E-state index contributed by atoms with van der Waals surface area (Å²) in [5, 5.41) is 26.4. The predicted molar refractivity (Wildman–Crippen MR) is 182 cm³/mol. The highest BCUT2D eigenvalue weighted by molar-refractivity contribution is 8.00. The van der Waals surface area contributed by atoms with E-state index in [1.165, 1.54) is 54.2 Å². The molecule has 5 rings (SSSR count). The maximum absolute atomic E-state index is 14.5. The maximum atomic E-state index is 14.5. The van der Waals surface area contributed by atoms with Crippen molar-refractivity contribution in [2.75, 3.05) is 10.6 Å². The first-order chi connectivity index (χ1) is 23.2. The van der Waals surface area contributed by atoms with Gasteiger partial charge in [-0.25, -0.2) is 9.18 Å². The van der Waals surface area contributed by atoms with Crippen LogP contribution in [-0.4, -0.2) is 33.9 Å². The largest absolute Gasteiger partial charge is 0.507 e. The minimum absolute atomic E-state index is 0.111. The number of nitrogens with one attached hydrogen (secondary N) is 3. The third-order valence-corrected chi connectivity index (χ3v) is 8.20. The maximum Gasteiger partial charge on any atom is 0.339 e. The van der Waals surface area contributed by atoms with Gasteiger partial charge in [0.2, 0.25) is 5.91 Å². The monoisotopic (exact) mass is 661 g/mol. The number of carbonyl (C=O) groups is 4. The van der Waals surface area contributed by atoms with Crippen molar-refractivity contribution in [3.63, 3.8) is 0 Å². The van der Waals surface area contributed by atoms with Crippen LogP contribution in [0.2, 0.25) is 0 Å². The summed E-state index contributed by atoms with van der Waals surface area (Å²) in [6, 6.07) is 33.6. The van der Waals surface area contributed by atoms with Gasteiger partial charge in [0, 0.05) is 27.4 Å². The van der Waals surface area contributed by atoms with Crippen LogP contribution in [0.5, 0.6) is 5.75 Å². The molecule has 48 heavy (non-hydrogen) atoms. The van der Waals surface area contributed by atoms with Gasteiger partial charge in [-0.15, -0.1) is 11.8 Å². The lowest BCUT2D eigenvalue weighted by molar-refractivity contribution is -0.116. The molecular weight excluding hydrogens is 633 g/mol. The van der Waals surface area contributed by atoms with E-state index < -0.39 is 40.5 Å². The van der Waals surface area contributed by atoms with E-state index in [4.69, 9.17) is 0 Å². The smallest absolute Gasteiger partial charge is 0.339 e. The molecule has 0 spiro atoms. The molecule has 0 saturated carbocycles. The number of halogens is 1. The van der Waals surface area contributed by atoms with E-state index in [-0.39, 0.29) is 22.5 Å². The molecule has 5 aromatic rings. The third kappa shape index (κ3) is 8.53. The van der Waals surface area contributed by atoms with Crippen molar-refractivity contribution < 1.29 is 33.8 Å². The zero-order valence-corrected chi connectivity index (χ0v) is 25.9. The van der Waals surface area contributed by atoms with Gasteiger partial charge in [-0.1, -0.05) is 66.7 Å². The number of amides is 3. The molecule has 1 unspecified atom stereocenters. The average Bonchev–Trinajstić information content (AvgIpc) is 3.10. The van der Waals surface area contributed by atoms with E-state index in [0.29, 0.717) is 21.7 Å². The molecule has 5 N–H and O–H groups in total. The average molecular weight is 662 g/mol. The molecule has 0 bridgehead atoms. The van der Waals surface area contributed by atoms with Crippen molar-refractivity contribution in [1.82, 2.24) is 5.32 Å².